The Morgan fingerprint density at radius 2 is 2.05 bits per heavy atom. The number of carbonyl (C=O) groups is 1. The first kappa shape index (κ1) is 15.7. The van der Waals surface area contributed by atoms with Crippen LogP contribution in [0.1, 0.15) is 56.8 Å². The van der Waals surface area contributed by atoms with E-state index >= 15 is 0 Å². The molecule has 106 valence electrons. The molecule has 0 bridgehead atoms. The summed E-state index contributed by atoms with van der Waals surface area (Å²) in [7, 11) is 0. The minimum Gasteiger partial charge on any atom is -0.462 e. The zero-order chi connectivity index (χ0) is 14.1. The monoisotopic (exact) mass is 263 g/mol. The predicted molar refractivity (Wildman–Crippen MR) is 77.0 cm³/mol. The molecule has 1 heterocycles. The highest BCUT2D eigenvalue weighted by Gasteiger charge is 2.08. The average molecular weight is 263 g/mol. The van der Waals surface area contributed by atoms with Crippen molar-refractivity contribution in [1.29, 1.82) is 0 Å². The molecule has 3 nitrogen and oxygen atoms in total. The normalized spacial score (nSPS) is 12.4. The van der Waals surface area contributed by atoms with Gasteiger partial charge in [-0.25, -0.2) is 4.79 Å². The Morgan fingerprint density at radius 3 is 2.68 bits per heavy atom. The number of aromatic nitrogens is 1. The van der Waals surface area contributed by atoms with Crippen LogP contribution in [0.2, 0.25) is 0 Å². The molecule has 0 radical (unpaired) electrons. The highest BCUT2D eigenvalue weighted by atomic mass is 16.5. The van der Waals surface area contributed by atoms with Gasteiger partial charge in [0, 0.05) is 12.4 Å². The van der Waals surface area contributed by atoms with E-state index in [0.29, 0.717) is 18.1 Å². The van der Waals surface area contributed by atoms with Crippen LogP contribution in [0.3, 0.4) is 0 Å². The maximum absolute atomic E-state index is 11.7. The van der Waals surface area contributed by atoms with Crippen LogP contribution in [-0.4, -0.2) is 17.6 Å². The van der Waals surface area contributed by atoms with Crippen molar-refractivity contribution in [2.24, 2.45) is 11.8 Å². The molecule has 0 fully saturated rings. The number of nitrogens with zero attached hydrogens (tertiary/aromatic N) is 1. The lowest BCUT2D eigenvalue weighted by Gasteiger charge is -2.12. The zero-order valence-electron chi connectivity index (χ0n) is 12.3. The van der Waals surface area contributed by atoms with Crippen LogP contribution >= 0.6 is 0 Å². The average Bonchev–Trinajstić information content (AvgIpc) is 2.39. The topological polar surface area (TPSA) is 39.2 Å². The lowest BCUT2D eigenvalue weighted by atomic mass is 9.98. The highest BCUT2D eigenvalue weighted by Crippen LogP contribution is 2.15. The number of esters is 1. The minimum atomic E-state index is -0.275. The van der Waals surface area contributed by atoms with Gasteiger partial charge in [0.15, 0.2) is 0 Å². The Bertz CT molecular complexity index is 362. The quantitative estimate of drug-likeness (QED) is 0.663. The number of ether oxygens (including phenoxy) is 1. The molecule has 19 heavy (non-hydrogen) atoms. The lowest BCUT2D eigenvalue weighted by molar-refractivity contribution is 0.0483. The summed E-state index contributed by atoms with van der Waals surface area (Å²) in [6, 6.07) is 3.46. The lowest BCUT2D eigenvalue weighted by Crippen LogP contribution is -2.09. The molecular formula is C16H25NO2. The second-order valence-electron chi connectivity index (χ2n) is 5.60. The standard InChI is InChI=1S/C16H25NO2/c1-13(2)6-4-7-14(3)9-11-19-16(18)15-8-5-10-17-12-15/h5,8,10,12-14H,4,6-7,9,11H2,1-3H3. The molecule has 3 heteroatoms. The van der Waals surface area contributed by atoms with Crippen molar-refractivity contribution in [2.75, 3.05) is 6.61 Å². The molecule has 0 spiro atoms. The van der Waals surface area contributed by atoms with Gasteiger partial charge >= 0.3 is 5.97 Å². The fourth-order valence-corrected chi connectivity index (χ4v) is 1.94. The molecule has 1 atom stereocenters. The number of hydrogen-bond donors (Lipinski definition) is 0. The van der Waals surface area contributed by atoms with Gasteiger partial charge in [-0.1, -0.05) is 40.0 Å². The predicted octanol–water partition coefficient (Wildman–Crippen LogP) is 4.09. The molecule has 0 amide bonds. The number of rotatable bonds is 8. The first-order valence-electron chi connectivity index (χ1n) is 7.16. The molecule has 0 N–H and O–H groups in total. The van der Waals surface area contributed by atoms with Crippen molar-refractivity contribution < 1.29 is 9.53 Å². The van der Waals surface area contributed by atoms with Gasteiger partial charge in [0.2, 0.25) is 0 Å². The van der Waals surface area contributed by atoms with Gasteiger partial charge in [-0.2, -0.15) is 0 Å². The fourth-order valence-electron chi connectivity index (χ4n) is 1.94. The van der Waals surface area contributed by atoms with Crippen molar-refractivity contribution in [2.45, 2.75) is 46.5 Å². The first-order chi connectivity index (χ1) is 9.09. The summed E-state index contributed by atoms with van der Waals surface area (Å²) in [5.74, 6) is 1.11. The van der Waals surface area contributed by atoms with Crippen molar-refractivity contribution in [3.05, 3.63) is 30.1 Å². The molecule has 0 aliphatic heterocycles. The Labute approximate surface area is 116 Å². The van der Waals surface area contributed by atoms with Crippen molar-refractivity contribution in [3.63, 3.8) is 0 Å². The van der Waals surface area contributed by atoms with E-state index in [2.05, 4.69) is 25.8 Å². The van der Waals surface area contributed by atoms with Gasteiger partial charge in [-0.05, 0) is 30.4 Å². The van der Waals surface area contributed by atoms with Gasteiger partial charge in [0.25, 0.3) is 0 Å². The van der Waals surface area contributed by atoms with Crippen molar-refractivity contribution >= 4 is 5.97 Å². The van der Waals surface area contributed by atoms with Gasteiger partial charge in [-0.15, -0.1) is 0 Å². The summed E-state index contributed by atoms with van der Waals surface area (Å²) >= 11 is 0. The number of hydrogen-bond acceptors (Lipinski definition) is 3. The Balaban J connectivity index is 2.14. The Morgan fingerprint density at radius 1 is 1.26 bits per heavy atom. The molecule has 1 unspecified atom stereocenters. The largest absolute Gasteiger partial charge is 0.462 e. The summed E-state index contributed by atoms with van der Waals surface area (Å²) in [6.45, 7) is 7.22. The van der Waals surface area contributed by atoms with E-state index in [0.717, 1.165) is 12.3 Å². The Kier molecular flexibility index (Phi) is 7.16. The van der Waals surface area contributed by atoms with Crippen molar-refractivity contribution in [1.82, 2.24) is 4.98 Å². The molecule has 1 aromatic rings. The van der Waals surface area contributed by atoms with Crippen LogP contribution in [0.4, 0.5) is 0 Å². The highest BCUT2D eigenvalue weighted by molar-refractivity contribution is 5.88. The molecule has 0 aliphatic carbocycles. The van der Waals surface area contributed by atoms with E-state index in [1.807, 2.05) is 0 Å². The molecule has 0 aromatic carbocycles. The summed E-state index contributed by atoms with van der Waals surface area (Å²) < 4.78 is 5.25. The molecule has 0 aliphatic rings. The number of carbonyl (C=O) groups excluding carboxylic acids is 1. The first-order valence-corrected chi connectivity index (χ1v) is 7.16. The zero-order valence-corrected chi connectivity index (χ0v) is 12.3. The van der Waals surface area contributed by atoms with Crippen molar-refractivity contribution in [3.8, 4) is 0 Å². The van der Waals surface area contributed by atoms with E-state index in [1.54, 1.807) is 18.3 Å². The second kappa shape index (κ2) is 8.68. The summed E-state index contributed by atoms with van der Waals surface area (Å²) in [5.41, 5.74) is 0.523. The van der Waals surface area contributed by atoms with Crippen LogP contribution in [0.5, 0.6) is 0 Å². The van der Waals surface area contributed by atoms with E-state index in [1.165, 1.54) is 25.5 Å². The van der Waals surface area contributed by atoms with E-state index in [9.17, 15) is 4.79 Å². The van der Waals surface area contributed by atoms with Gasteiger partial charge in [-0.3, -0.25) is 4.98 Å². The van der Waals surface area contributed by atoms with Crippen LogP contribution in [-0.2, 0) is 4.74 Å². The summed E-state index contributed by atoms with van der Waals surface area (Å²) in [5, 5.41) is 0. The molecule has 0 saturated heterocycles. The van der Waals surface area contributed by atoms with E-state index in [-0.39, 0.29) is 5.97 Å². The maximum atomic E-state index is 11.7. The summed E-state index contributed by atoms with van der Waals surface area (Å²) in [4.78, 5) is 15.6. The smallest absolute Gasteiger partial charge is 0.339 e. The fraction of sp³-hybridized carbons (Fsp3) is 0.625. The Hall–Kier alpha value is -1.38. The third-order valence-electron chi connectivity index (χ3n) is 3.22. The van der Waals surface area contributed by atoms with Crippen LogP contribution < -0.4 is 0 Å². The number of pyridine rings is 1. The molecule has 1 rings (SSSR count). The summed E-state index contributed by atoms with van der Waals surface area (Å²) in [6.07, 6.45) is 7.86. The second-order valence-corrected chi connectivity index (χ2v) is 5.60. The molecular weight excluding hydrogens is 238 g/mol. The van der Waals surface area contributed by atoms with Crippen LogP contribution in [0.25, 0.3) is 0 Å². The third-order valence-corrected chi connectivity index (χ3v) is 3.22. The van der Waals surface area contributed by atoms with Crippen LogP contribution in [0.15, 0.2) is 24.5 Å². The third kappa shape index (κ3) is 6.94. The minimum absolute atomic E-state index is 0.275. The van der Waals surface area contributed by atoms with Gasteiger partial charge in [0.1, 0.15) is 0 Å². The van der Waals surface area contributed by atoms with Crippen LogP contribution in [0, 0.1) is 11.8 Å². The molecule has 1 aromatic heterocycles. The maximum Gasteiger partial charge on any atom is 0.339 e. The van der Waals surface area contributed by atoms with E-state index in [4.69, 9.17) is 4.74 Å². The van der Waals surface area contributed by atoms with Gasteiger partial charge < -0.3 is 4.74 Å². The SMILES string of the molecule is CC(C)CCCC(C)CCOC(=O)c1cccnc1. The van der Waals surface area contributed by atoms with Gasteiger partial charge in [0.05, 0.1) is 12.2 Å². The van der Waals surface area contributed by atoms with E-state index < -0.39 is 0 Å². The molecule has 0 saturated carbocycles.